The van der Waals surface area contributed by atoms with Gasteiger partial charge < -0.3 is 14.5 Å². The number of aromatic nitrogens is 2. The zero-order valence-corrected chi connectivity index (χ0v) is 10.7. The van der Waals surface area contributed by atoms with Gasteiger partial charge in [-0.15, -0.1) is 0 Å². The normalized spacial score (nSPS) is 14.9. The van der Waals surface area contributed by atoms with E-state index in [0.717, 1.165) is 0 Å². The molecule has 7 nitrogen and oxygen atoms in total. The van der Waals surface area contributed by atoms with Crippen molar-refractivity contribution in [2.24, 2.45) is 0 Å². The molecule has 0 atom stereocenters. The average Bonchev–Trinajstić information content (AvgIpc) is 2.48. The lowest BCUT2D eigenvalue weighted by Gasteiger charge is -2.33. The monoisotopic (exact) mass is 261 g/mol. The van der Waals surface area contributed by atoms with E-state index in [1.807, 2.05) is 11.0 Å². The van der Waals surface area contributed by atoms with Crippen LogP contribution in [-0.4, -0.2) is 53.7 Å². The fourth-order valence-corrected chi connectivity index (χ4v) is 1.87. The SMILES string of the molecule is CCOC(=O)N1CCN(c2nccc(C#N)n2)CC1. The summed E-state index contributed by atoms with van der Waals surface area (Å²) < 4.78 is 4.95. The molecule has 19 heavy (non-hydrogen) atoms. The summed E-state index contributed by atoms with van der Waals surface area (Å²) in [5, 5.41) is 8.81. The first-order valence-corrected chi connectivity index (χ1v) is 6.14. The van der Waals surface area contributed by atoms with Gasteiger partial charge in [0.1, 0.15) is 11.8 Å². The van der Waals surface area contributed by atoms with Crippen LogP contribution in [0.4, 0.5) is 10.7 Å². The Kier molecular flexibility index (Phi) is 4.13. The van der Waals surface area contributed by atoms with Crippen molar-refractivity contribution in [3.05, 3.63) is 18.0 Å². The van der Waals surface area contributed by atoms with E-state index in [-0.39, 0.29) is 6.09 Å². The first-order chi connectivity index (χ1) is 9.24. The minimum Gasteiger partial charge on any atom is -0.450 e. The number of nitriles is 1. The molecule has 0 aromatic carbocycles. The zero-order valence-electron chi connectivity index (χ0n) is 10.7. The molecule has 1 fully saturated rings. The maximum atomic E-state index is 11.6. The Morgan fingerprint density at radius 3 is 2.84 bits per heavy atom. The van der Waals surface area contributed by atoms with Crippen LogP contribution in [0.1, 0.15) is 12.6 Å². The molecule has 0 bridgehead atoms. The average molecular weight is 261 g/mol. The van der Waals surface area contributed by atoms with Crippen LogP contribution in [0.15, 0.2) is 12.3 Å². The van der Waals surface area contributed by atoms with Crippen LogP contribution in [0.25, 0.3) is 0 Å². The molecule has 0 aliphatic carbocycles. The predicted molar refractivity (Wildman–Crippen MR) is 67.6 cm³/mol. The summed E-state index contributed by atoms with van der Waals surface area (Å²) in [5.41, 5.74) is 0.345. The third kappa shape index (κ3) is 3.10. The molecule has 0 radical (unpaired) electrons. The molecule has 1 aliphatic heterocycles. The number of amides is 1. The third-order valence-electron chi connectivity index (χ3n) is 2.85. The van der Waals surface area contributed by atoms with E-state index in [9.17, 15) is 4.79 Å². The molecule has 1 aromatic heterocycles. The van der Waals surface area contributed by atoms with Gasteiger partial charge in [0, 0.05) is 32.4 Å². The number of rotatable bonds is 2. The molecule has 1 saturated heterocycles. The molecule has 0 N–H and O–H groups in total. The first kappa shape index (κ1) is 13.1. The van der Waals surface area contributed by atoms with Gasteiger partial charge in [0.2, 0.25) is 5.95 Å². The topological polar surface area (TPSA) is 82.4 Å². The second-order valence-corrected chi connectivity index (χ2v) is 4.03. The highest BCUT2D eigenvalue weighted by Gasteiger charge is 2.23. The Balaban J connectivity index is 1.96. The van der Waals surface area contributed by atoms with E-state index in [0.29, 0.717) is 44.4 Å². The van der Waals surface area contributed by atoms with Crippen molar-refractivity contribution in [3.8, 4) is 6.07 Å². The van der Waals surface area contributed by atoms with Crippen LogP contribution in [0.3, 0.4) is 0 Å². The summed E-state index contributed by atoms with van der Waals surface area (Å²) in [4.78, 5) is 23.5. The Labute approximate surface area is 111 Å². The van der Waals surface area contributed by atoms with Crippen LogP contribution in [0, 0.1) is 11.3 Å². The Morgan fingerprint density at radius 2 is 2.21 bits per heavy atom. The van der Waals surface area contributed by atoms with Crippen molar-refractivity contribution < 1.29 is 9.53 Å². The van der Waals surface area contributed by atoms with Crippen molar-refractivity contribution in [3.63, 3.8) is 0 Å². The summed E-state index contributed by atoms with van der Waals surface area (Å²) in [6.45, 7) is 4.57. The van der Waals surface area contributed by atoms with E-state index in [4.69, 9.17) is 10.00 Å². The van der Waals surface area contributed by atoms with Gasteiger partial charge in [0.15, 0.2) is 0 Å². The number of piperazine rings is 1. The zero-order chi connectivity index (χ0) is 13.7. The molecule has 0 unspecified atom stereocenters. The Bertz CT molecular complexity index is 491. The maximum Gasteiger partial charge on any atom is 0.409 e. The molecule has 7 heteroatoms. The second kappa shape index (κ2) is 6.00. The highest BCUT2D eigenvalue weighted by atomic mass is 16.6. The number of nitrogens with zero attached hydrogens (tertiary/aromatic N) is 5. The van der Waals surface area contributed by atoms with Crippen LogP contribution in [-0.2, 0) is 4.74 Å². The molecule has 2 rings (SSSR count). The van der Waals surface area contributed by atoms with Crippen LogP contribution in [0.2, 0.25) is 0 Å². The number of ether oxygens (including phenoxy) is 1. The summed E-state index contributed by atoms with van der Waals surface area (Å²) in [6.07, 6.45) is 1.28. The second-order valence-electron chi connectivity index (χ2n) is 4.03. The lowest BCUT2D eigenvalue weighted by Crippen LogP contribution is -2.49. The Morgan fingerprint density at radius 1 is 1.47 bits per heavy atom. The van der Waals surface area contributed by atoms with E-state index in [2.05, 4.69) is 9.97 Å². The van der Waals surface area contributed by atoms with E-state index >= 15 is 0 Å². The smallest absolute Gasteiger partial charge is 0.409 e. The molecular weight excluding hydrogens is 246 g/mol. The highest BCUT2D eigenvalue weighted by molar-refractivity contribution is 5.68. The van der Waals surface area contributed by atoms with Gasteiger partial charge in [-0.05, 0) is 13.0 Å². The van der Waals surface area contributed by atoms with Crippen molar-refractivity contribution in [2.75, 3.05) is 37.7 Å². The van der Waals surface area contributed by atoms with Gasteiger partial charge in [-0.1, -0.05) is 0 Å². The fourth-order valence-electron chi connectivity index (χ4n) is 1.87. The molecule has 1 amide bonds. The number of carbonyl (C=O) groups is 1. The number of hydrogen-bond donors (Lipinski definition) is 0. The van der Waals surface area contributed by atoms with Crippen molar-refractivity contribution in [2.45, 2.75) is 6.92 Å². The van der Waals surface area contributed by atoms with Gasteiger partial charge in [-0.25, -0.2) is 14.8 Å². The number of carbonyl (C=O) groups excluding carboxylic acids is 1. The van der Waals surface area contributed by atoms with Gasteiger partial charge in [-0.3, -0.25) is 0 Å². The third-order valence-corrected chi connectivity index (χ3v) is 2.85. The van der Waals surface area contributed by atoms with Crippen LogP contribution < -0.4 is 4.90 Å². The summed E-state index contributed by atoms with van der Waals surface area (Å²) in [6, 6.07) is 3.56. The highest BCUT2D eigenvalue weighted by Crippen LogP contribution is 2.11. The molecule has 1 aliphatic rings. The van der Waals surface area contributed by atoms with E-state index in [1.165, 1.54) is 0 Å². The molecule has 0 spiro atoms. The van der Waals surface area contributed by atoms with Crippen molar-refractivity contribution >= 4 is 12.0 Å². The predicted octanol–water partition coefficient (Wildman–Crippen LogP) is 0.627. The lowest BCUT2D eigenvalue weighted by atomic mass is 10.3. The van der Waals surface area contributed by atoms with Crippen molar-refractivity contribution in [1.82, 2.24) is 14.9 Å². The lowest BCUT2D eigenvalue weighted by molar-refractivity contribution is 0.105. The minimum atomic E-state index is -0.283. The fraction of sp³-hybridized carbons (Fsp3) is 0.500. The number of hydrogen-bond acceptors (Lipinski definition) is 6. The van der Waals surface area contributed by atoms with Gasteiger partial charge in [-0.2, -0.15) is 5.26 Å². The van der Waals surface area contributed by atoms with Gasteiger partial charge in [0.05, 0.1) is 6.61 Å². The first-order valence-electron chi connectivity index (χ1n) is 6.14. The van der Waals surface area contributed by atoms with Gasteiger partial charge in [0.25, 0.3) is 0 Å². The summed E-state index contributed by atoms with van der Waals surface area (Å²) in [7, 11) is 0. The van der Waals surface area contributed by atoms with Crippen LogP contribution in [0.5, 0.6) is 0 Å². The quantitative estimate of drug-likeness (QED) is 0.776. The van der Waals surface area contributed by atoms with E-state index in [1.54, 1.807) is 24.1 Å². The number of anilines is 1. The van der Waals surface area contributed by atoms with E-state index < -0.39 is 0 Å². The standard InChI is InChI=1S/C12H15N5O2/c1-2-19-12(18)17-7-5-16(6-8-17)11-14-4-3-10(9-13)15-11/h3-4H,2,5-8H2,1H3. The van der Waals surface area contributed by atoms with Crippen molar-refractivity contribution in [1.29, 1.82) is 5.26 Å². The molecule has 1 aromatic rings. The summed E-state index contributed by atoms with van der Waals surface area (Å²) >= 11 is 0. The molecular formula is C12H15N5O2. The Hall–Kier alpha value is -2.36. The maximum absolute atomic E-state index is 11.6. The minimum absolute atomic E-state index is 0.283. The molecule has 0 saturated carbocycles. The summed E-state index contributed by atoms with van der Waals surface area (Å²) in [5.74, 6) is 0.530. The molecule has 100 valence electrons. The largest absolute Gasteiger partial charge is 0.450 e. The molecule has 2 heterocycles. The van der Waals surface area contributed by atoms with Crippen LogP contribution >= 0.6 is 0 Å². The van der Waals surface area contributed by atoms with Gasteiger partial charge >= 0.3 is 6.09 Å².